The Morgan fingerprint density at radius 2 is 1.90 bits per heavy atom. The number of carbonyl (C=O) groups is 2. The summed E-state index contributed by atoms with van der Waals surface area (Å²) in [5.41, 5.74) is 0.984. The van der Waals surface area contributed by atoms with E-state index in [0.29, 0.717) is 25.1 Å². The van der Waals surface area contributed by atoms with Crippen LogP contribution < -0.4 is 4.31 Å². The number of halogens is 1. The summed E-state index contributed by atoms with van der Waals surface area (Å²) in [6.07, 6.45) is 2.38. The Morgan fingerprint density at radius 1 is 1.20 bits per heavy atom. The van der Waals surface area contributed by atoms with Crippen molar-refractivity contribution in [3.8, 4) is 0 Å². The summed E-state index contributed by atoms with van der Waals surface area (Å²) in [6.45, 7) is -0.187. The van der Waals surface area contributed by atoms with Crippen LogP contribution in [-0.2, 0) is 21.2 Å². The van der Waals surface area contributed by atoms with Crippen LogP contribution >= 0.6 is 11.6 Å². The van der Waals surface area contributed by atoms with Crippen molar-refractivity contribution in [2.45, 2.75) is 12.8 Å². The van der Waals surface area contributed by atoms with Gasteiger partial charge in [0.1, 0.15) is 5.02 Å². The van der Waals surface area contributed by atoms with Crippen LogP contribution in [0, 0.1) is 10.1 Å². The first-order chi connectivity index (χ1) is 14.1. The molecule has 0 amide bonds. The van der Waals surface area contributed by atoms with Crippen LogP contribution in [0.4, 0.5) is 11.4 Å². The highest BCUT2D eigenvalue weighted by Crippen LogP contribution is 2.30. The highest BCUT2D eigenvalue weighted by atomic mass is 35.5. The van der Waals surface area contributed by atoms with E-state index in [4.69, 9.17) is 16.3 Å². The second-order valence-electron chi connectivity index (χ2n) is 6.70. The first kappa shape index (κ1) is 21.7. The van der Waals surface area contributed by atoms with Gasteiger partial charge in [-0.2, -0.15) is 0 Å². The Morgan fingerprint density at radius 3 is 2.57 bits per heavy atom. The number of ether oxygens (including phenoxy) is 1. The fraction of sp³-hybridized carbons (Fsp3) is 0.263. The van der Waals surface area contributed by atoms with Gasteiger partial charge in [-0.15, -0.1) is 0 Å². The van der Waals surface area contributed by atoms with Gasteiger partial charge in [0.2, 0.25) is 10.0 Å². The second kappa shape index (κ2) is 8.41. The number of nitro benzene ring substituents is 1. The van der Waals surface area contributed by atoms with Crippen molar-refractivity contribution in [3.63, 3.8) is 0 Å². The van der Waals surface area contributed by atoms with Crippen LogP contribution in [0.15, 0.2) is 36.4 Å². The predicted molar refractivity (Wildman–Crippen MR) is 110 cm³/mol. The van der Waals surface area contributed by atoms with Crippen molar-refractivity contribution < 1.29 is 27.7 Å². The average molecular weight is 453 g/mol. The zero-order valence-corrected chi connectivity index (χ0v) is 17.4. The number of rotatable bonds is 6. The normalized spacial score (nSPS) is 13.5. The molecule has 1 aliphatic heterocycles. The second-order valence-corrected chi connectivity index (χ2v) is 9.02. The molecule has 2 aromatic rings. The topological polar surface area (TPSA) is 124 Å². The number of anilines is 1. The van der Waals surface area contributed by atoms with Crippen molar-refractivity contribution in [2.75, 3.05) is 23.7 Å². The minimum atomic E-state index is -3.42. The number of nitro groups is 1. The lowest BCUT2D eigenvalue weighted by molar-refractivity contribution is -0.384. The molecule has 0 aliphatic carbocycles. The third kappa shape index (κ3) is 4.60. The van der Waals surface area contributed by atoms with E-state index >= 15 is 0 Å². The van der Waals surface area contributed by atoms with E-state index in [2.05, 4.69) is 0 Å². The van der Waals surface area contributed by atoms with Crippen LogP contribution in [0.3, 0.4) is 0 Å². The van der Waals surface area contributed by atoms with Crippen molar-refractivity contribution in [2.24, 2.45) is 0 Å². The van der Waals surface area contributed by atoms with Gasteiger partial charge < -0.3 is 4.74 Å². The van der Waals surface area contributed by atoms with Gasteiger partial charge in [-0.05, 0) is 48.7 Å². The maximum Gasteiger partial charge on any atom is 0.338 e. The Labute approximate surface area is 177 Å². The maximum atomic E-state index is 12.4. The molecule has 2 aromatic carbocycles. The number of hydrogen-bond acceptors (Lipinski definition) is 7. The number of Topliss-reactive ketones (excluding diaryl/α,β-unsaturated/α-hetero) is 1. The van der Waals surface area contributed by atoms with Crippen molar-refractivity contribution in [1.29, 1.82) is 0 Å². The first-order valence-electron chi connectivity index (χ1n) is 8.83. The standard InChI is InChI=1S/C19H17ClN2O7S/c1-30(27,28)21-8-2-3-12-9-13(5-7-16(12)21)18(23)11-29-19(24)14-4-6-15(20)17(10-14)22(25)26/h4-7,9-10H,2-3,8,11H2,1H3. The van der Waals surface area contributed by atoms with Gasteiger partial charge in [0.05, 0.1) is 22.4 Å². The van der Waals surface area contributed by atoms with Gasteiger partial charge in [-0.1, -0.05) is 11.6 Å². The third-order valence-corrected chi connectivity index (χ3v) is 6.09. The summed E-state index contributed by atoms with van der Waals surface area (Å²) in [6, 6.07) is 8.08. The van der Waals surface area contributed by atoms with E-state index in [1.807, 2.05) is 0 Å². The summed E-state index contributed by atoms with van der Waals surface area (Å²) in [7, 11) is -3.42. The lowest BCUT2D eigenvalue weighted by Gasteiger charge is -2.29. The molecular weight excluding hydrogens is 436 g/mol. The summed E-state index contributed by atoms with van der Waals surface area (Å²) >= 11 is 5.71. The molecule has 0 atom stereocenters. The highest BCUT2D eigenvalue weighted by molar-refractivity contribution is 7.92. The minimum absolute atomic E-state index is 0.104. The number of ketones is 1. The number of aryl methyl sites for hydroxylation is 1. The molecule has 30 heavy (non-hydrogen) atoms. The average Bonchev–Trinajstić information content (AvgIpc) is 2.70. The first-order valence-corrected chi connectivity index (χ1v) is 11.1. The number of sulfonamides is 1. The van der Waals surface area contributed by atoms with Gasteiger partial charge >= 0.3 is 5.97 Å². The summed E-state index contributed by atoms with van der Waals surface area (Å²) < 4.78 is 30.1. The number of nitrogens with zero attached hydrogens (tertiary/aromatic N) is 2. The van der Waals surface area contributed by atoms with Crippen molar-refractivity contribution >= 4 is 44.8 Å². The van der Waals surface area contributed by atoms with E-state index in [1.54, 1.807) is 12.1 Å². The molecular formula is C19H17ClN2O7S. The van der Waals surface area contributed by atoms with E-state index < -0.39 is 39.0 Å². The van der Waals surface area contributed by atoms with Gasteiger partial charge in [-0.3, -0.25) is 19.2 Å². The van der Waals surface area contributed by atoms with Crippen LogP contribution in [0.25, 0.3) is 0 Å². The lowest BCUT2D eigenvalue weighted by atomic mass is 9.99. The number of hydrogen-bond donors (Lipinski definition) is 0. The zero-order valence-electron chi connectivity index (χ0n) is 15.8. The molecule has 0 radical (unpaired) electrons. The molecule has 0 bridgehead atoms. The maximum absolute atomic E-state index is 12.4. The third-order valence-electron chi connectivity index (χ3n) is 4.59. The monoisotopic (exact) mass is 452 g/mol. The number of fused-ring (bicyclic) bond motifs is 1. The lowest BCUT2D eigenvalue weighted by Crippen LogP contribution is -2.34. The summed E-state index contributed by atoms with van der Waals surface area (Å²) in [5.74, 6) is -1.38. The number of benzene rings is 2. The zero-order chi connectivity index (χ0) is 22.1. The molecule has 1 heterocycles. The van der Waals surface area contributed by atoms with Crippen LogP contribution in [0.2, 0.25) is 5.02 Å². The molecule has 0 saturated carbocycles. The van der Waals surface area contributed by atoms with Crippen molar-refractivity contribution in [3.05, 3.63) is 68.2 Å². The molecule has 1 aliphatic rings. The smallest absolute Gasteiger partial charge is 0.338 e. The summed E-state index contributed by atoms with van der Waals surface area (Å²) in [4.78, 5) is 34.8. The molecule has 0 aromatic heterocycles. The molecule has 0 spiro atoms. The highest BCUT2D eigenvalue weighted by Gasteiger charge is 2.25. The fourth-order valence-electron chi connectivity index (χ4n) is 3.16. The Bertz CT molecular complexity index is 1150. The van der Waals surface area contributed by atoms with Crippen LogP contribution in [0.1, 0.15) is 32.7 Å². The van der Waals surface area contributed by atoms with Crippen LogP contribution in [0.5, 0.6) is 0 Å². The molecule has 0 saturated heterocycles. The largest absolute Gasteiger partial charge is 0.454 e. The molecule has 0 N–H and O–H groups in total. The fourth-order valence-corrected chi connectivity index (χ4v) is 4.34. The SMILES string of the molecule is CS(=O)(=O)N1CCCc2cc(C(=O)COC(=O)c3ccc(Cl)c([N+](=O)[O-])c3)ccc21. The predicted octanol–water partition coefficient (Wildman–Crippen LogP) is 3.00. The van der Waals surface area contributed by atoms with Gasteiger partial charge in [-0.25, -0.2) is 13.2 Å². The Hall–Kier alpha value is -2.98. The molecule has 3 rings (SSSR count). The molecule has 9 nitrogen and oxygen atoms in total. The van der Waals surface area contributed by atoms with E-state index in [9.17, 15) is 28.1 Å². The molecule has 0 fully saturated rings. The van der Waals surface area contributed by atoms with E-state index in [1.165, 1.54) is 22.5 Å². The number of carbonyl (C=O) groups excluding carboxylic acids is 2. The Balaban J connectivity index is 1.72. The molecule has 11 heteroatoms. The van der Waals surface area contributed by atoms with Crippen molar-refractivity contribution in [1.82, 2.24) is 0 Å². The van der Waals surface area contributed by atoms with E-state index in [0.717, 1.165) is 17.9 Å². The Kier molecular flexibility index (Phi) is 6.09. The van der Waals surface area contributed by atoms with Gasteiger partial charge in [0.25, 0.3) is 5.69 Å². The van der Waals surface area contributed by atoms with E-state index in [-0.39, 0.29) is 16.1 Å². The quantitative estimate of drug-likeness (QED) is 0.285. The van der Waals surface area contributed by atoms with Crippen LogP contribution in [-0.4, -0.2) is 44.5 Å². The van der Waals surface area contributed by atoms with Gasteiger partial charge in [0.15, 0.2) is 12.4 Å². The minimum Gasteiger partial charge on any atom is -0.454 e. The molecule has 158 valence electrons. The number of esters is 1. The summed E-state index contributed by atoms with van der Waals surface area (Å²) in [5, 5.41) is 10.8. The molecule has 0 unspecified atom stereocenters. The van der Waals surface area contributed by atoms with Gasteiger partial charge in [0, 0.05) is 18.2 Å².